The van der Waals surface area contributed by atoms with Crippen molar-refractivity contribution in [3.63, 3.8) is 0 Å². The summed E-state index contributed by atoms with van der Waals surface area (Å²) in [7, 11) is 1.35. The van der Waals surface area contributed by atoms with Gasteiger partial charge in [0.05, 0.1) is 13.2 Å². The Morgan fingerprint density at radius 3 is 2.35 bits per heavy atom. The summed E-state index contributed by atoms with van der Waals surface area (Å²) in [6, 6.07) is 7.62. The molecule has 1 aromatic rings. The maximum Gasteiger partial charge on any atom is 0.333 e. The first-order valence-corrected chi connectivity index (χ1v) is 5.54. The van der Waals surface area contributed by atoms with Gasteiger partial charge in [0.25, 0.3) is 0 Å². The molecule has 0 aliphatic heterocycles. The monoisotopic (exact) mass is 234 g/mol. The highest BCUT2D eigenvalue weighted by Crippen LogP contribution is 2.16. The van der Waals surface area contributed by atoms with Crippen molar-refractivity contribution in [2.45, 2.75) is 26.4 Å². The zero-order chi connectivity index (χ0) is 12.8. The Hall–Kier alpha value is -1.77. The van der Waals surface area contributed by atoms with Crippen molar-refractivity contribution < 1.29 is 14.3 Å². The summed E-state index contributed by atoms with van der Waals surface area (Å²) in [5.74, 6) is 0.458. The molecule has 17 heavy (non-hydrogen) atoms. The third-order valence-corrected chi connectivity index (χ3v) is 2.19. The minimum atomic E-state index is -0.368. The number of rotatable bonds is 5. The van der Waals surface area contributed by atoms with Crippen LogP contribution in [0.4, 0.5) is 0 Å². The molecule has 0 spiro atoms. The van der Waals surface area contributed by atoms with Crippen molar-refractivity contribution >= 4 is 5.97 Å². The van der Waals surface area contributed by atoms with Crippen molar-refractivity contribution in [3.05, 3.63) is 42.0 Å². The third kappa shape index (κ3) is 4.31. The molecule has 1 aromatic carbocycles. The van der Waals surface area contributed by atoms with Crippen LogP contribution in [-0.4, -0.2) is 19.2 Å². The molecule has 0 atom stereocenters. The summed E-state index contributed by atoms with van der Waals surface area (Å²) < 4.78 is 10.1. The normalized spacial score (nSPS) is 10.1. The number of methoxy groups -OCH3 is 1. The molecule has 0 aliphatic carbocycles. The molecule has 0 N–H and O–H groups in total. The van der Waals surface area contributed by atoms with Crippen LogP contribution >= 0.6 is 0 Å². The minimum Gasteiger partial charge on any atom is -0.491 e. The van der Waals surface area contributed by atoms with E-state index in [0.717, 1.165) is 11.3 Å². The molecule has 3 heteroatoms. The highest BCUT2D eigenvalue weighted by Gasteiger charge is 2.07. The largest absolute Gasteiger partial charge is 0.491 e. The van der Waals surface area contributed by atoms with Crippen LogP contribution in [-0.2, 0) is 16.0 Å². The number of hydrogen-bond acceptors (Lipinski definition) is 3. The second-order valence-corrected chi connectivity index (χ2v) is 4.08. The highest BCUT2D eigenvalue weighted by atomic mass is 16.5. The fraction of sp³-hybridized carbons (Fsp3) is 0.357. The van der Waals surface area contributed by atoms with Crippen LogP contribution in [0.2, 0.25) is 0 Å². The lowest BCUT2D eigenvalue weighted by Crippen LogP contribution is -2.07. The van der Waals surface area contributed by atoms with E-state index >= 15 is 0 Å². The van der Waals surface area contributed by atoms with E-state index in [4.69, 9.17) is 4.74 Å². The molecule has 1 rings (SSSR count). The maximum absolute atomic E-state index is 11.2. The Bertz CT molecular complexity index is 390. The number of benzene rings is 1. The van der Waals surface area contributed by atoms with Crippen LogP contribution in [0.5, 0.6) is 5.75 Å². The summed E-state index contributed by atoms with van der Waals surface area (Å²) in [6.45, 7) is 7.64. The van der Waals surface area contributed by atoms with E-state index in [1.807, 2.05) is 38.1 Å². The fourth-order valence-electron chi connectivity index (χ4n) is 1.42. The lowest BCUT2D eigenvalue weighted by Gasteiger charge is -2.10. The molecule has 0 saturated heterocycles. The minimum absolute atomic E-state index is 0.158. The van der Waals surface area contributed by atoms with E-state index in [1.165, 1.54) is 7.11 Å². The summed E-state index contributed by atoms with van der Waals surface area (Å²) in [4.78, 5) is 11.2. The van der Waals surface area contributed by atoms with Crippen LogP contribution in [0.15, 0.2) is 36.4 Å². The molecular weight excluding hydrogens is 216 g/mol. The van der Waals surface area contributed by atoms with Gasteiger partial charge in [0.1, 0.15) is 5.75 Å². The number of esters is 1. The van der Waals surface area contributed by atoms with E-state index in [0.29, 0.717) is 12.0 Å². The Morgan fingerprint density at radius 2 is 1.88 bits per heavy atom. The average molecular weight is 234 g/mol. The van der Waals surface area contributed by atoms with Gasteiger partial charge in [0.2, 0.25) is 0 Å². The molecule has 0 radical (unpaired) electrons. The fourth-order valence-corrected chi connectivity index (χ4v) is 1.42. The molecule has 0 heterocycles. The Kier molecular flexibility index (Phi) is 4.76. The van der Waals surface area contributed by atoms with Gasteiger partial charge in [-0.15, -0.1) is 0 Å². The first-order valence-electron chi connectivity index (χ1n) is 5.54. The Morgan fingerprint density at radius 1 is 1.29 bits per heavy atom. The van der Waals surface area contributed by atoms with Gasteiger partial charge >= 0.3 is 5.97 Å². The highest BCUT2D eigenvalue weighted by molar-refractivity contribution is 5.88. The van der Waals surface area contributed by atoms with Gasteiger partial charge in [-0.2, -0.15) is 0 Å². The second kappa shape index (κ2) is 6.09. The van der Waals surface area contributed by atoms with Crippen molar-refractivity contribution in [2.75, 3.05) is 7.11 Å². The van der Waals surface area contributed by atoms with E-state index < -0.39 is 0 Å². The van der Waals surface area contributed by atoms with Gasteiger partial charge in [-0.1, -0.05) is 18.7 Å². The predicted molar refractivity (Wildman–Crippen MR) is 67.1 cm³/mol. The van der Waals surface area contributed by atoms with Crippen LogP contribution in [0.1, 0.15) is 19.4 Å². The molecule has 0 aromatic heterocycles. The number of hydrogen-bond donors (Lipinski definition) is 0. The molecule has 92 valence electrons. The zero-order valence-electron chi connectivity index (χ0n) is 10.5. The third-order valence-electron chi connectivity index (χ3n) is 2.19. The number of carbonyl (C=O) groups is 1. The molecular formula is C14H18O3. The maximum atomic E-state index is 11.2. The van der Waals surface area contributed by atoms with Crippen LogP contribution in [0.3, 0.4) is 0 Å². The van der Waals surface area contributed by atoms with Crippen LogP contribution in [0, 0.1) is 0 Å². The molecule has 0 saturated carbocycles. The lowest BCUT2D eigenvalue weighted by atomic mass is 10.1. The van der Waals surface area contributed by atoms with Gasteiger partial charge in [-0.25, -0.2) is 4.79 Å². The van der Waals surface area contributed by atoms with Gasteiger partial charge in [0, 0.05) is 12.0 Å². The van der Waals surface area contributed by atoms with Crippen molar-refractivity contribution in [1.29, 1.82) is 0 Å². The molecule has 0 aliphatic rings. The first-order chi connectivity index (χ1) is 8.02. The Labute approximate surface area is 102 Å². The van der Waals surface area contributed by atoms with E-state index in [2.05, 4.69) is 11.3 Å². The molecule has 0 bridgehead atoms. The number of ether oxygens (including phenoxy) is 2. The topological polar surface area (TPSA) is 35.5 Å². The predicted octanol–water partition coefficient (Wildman–Crippen LogP) is 2.75. The molecule has 3 nitrogen and oxygen atoms in total. The van der Waals surface area contributed by atoms with E-state index in [9.17, 15) is 4.79 Å². The number of carbonyl (C=O) groups excluding carboxylic acids is 1. The summed E-state index contributed by atoms with van der Waals surface area (Å²) in [6.07, 6.45) is 0.653. The van der Waals surface area contributed by atoms with Gasteiger partial charge in [0.15, 0.2) is 0 Å². The van der Waals surface area contributed by atoms with Crippen LogP contribution < -0.4 is 4.74 Å². The quantitative estimate of drug-likeness (QED) is 0.580. The lowest BCUT2D eigenvalue weighted by molar-refractivity contribution is -0.136. The first kappa shape index (κ1) is 13.3. The summed E-state index contributed by atoms with van der Waals surface area (Å²) in [5, 5.41) is 0. The van der Waals surface area contributed by atoms with E-state index in [-0.39, 0.29) is 12.1 Å². The van der Waals surface area contributed by atoms with Gasteiger partial charge in [-0.05, 0) is 31.5 Å². The standard InChI is InChI=1S/C14H18O3/c1-10(2)17-13-7-5-12(6-8-13)9-11(3)14(15)16-4/h5-8,10H,3,9H2,1-2,4H3. The summed E-state index contributed by atoms with van der Waals surface area (Å²) >= 11 is 0. The van der Waals surface area contributed by atoms with Crippen LogP contribution in [0.25, 0.3) is 0 Å². The zero-order valence-corrected chi connectivity index (χ0v) is 10.5. The SMILES string of the molecule is C=C(Cc1ccc(OC(C)C)cc1)C(=O)OC. The van der Waals surface area contributed by atoms with E-state index in [1.54, 1.807) is 0 Å². The average Bonchev–Trinajstić information content (AvgIpc) is 2.30. The molecule has 0 unspecified atom stereocenters. The van der Waals surface area contributed by atoms with Crippen molar-refractivity contribution in [1.82, 2.24) is 0 Å². The molecule has 0 fully saturated rings. The van der Waals surface area contributed by atoms with Gasteiger partial charge < -0.3 is 9.47 Å². The molecule has 0 amide bonds. The van der Waals surface area contributed by atoms with Crippen molar-refractivity contribution in [3.8, 4) is 5.75 Å². The Balaban J connectivity index is 2.62. The van der Waals surface area contributed by atoms with Gasteiger partial charge in [-0.3, -0.25) is 0 Å². The smallest absolute Gasteiger partial charge is 0.333 e. The summed E-state index contributed by atoms with van der Waals surface area (Å²) in [5.41, 5.74) is 1.46. The second-order valence-electron chi connectivity index (χ2n) is 4.08. The van der Waals surface area contributed by atoms with Crippen molar-refractivity contribution in [2.24, 2.45) is 0 Å².